The zero-order valence-corrected chi connectivity index (χ0v) is 10.9. The van der Waals surface area contributed by atoms with Crippen LogP contribution in [-0.4, -0.2) is 5.11 Å². The number of benzene rings is 2. The van der Waals surface area contributed by atoms with Crippen molar-refractivity contribution in [1.82, 2.24) is 0 Å². The molecule has 0 spiro atoms. The van der Waals surface area contributed by atoms with Crippen LogP contribution in [0.25, 0.3) is 10.8 Å². The zero-order valence-electron chi connectivity index (χ0n) is 10.9. The lowest BCUT2D eigenvalue weighted by Gasteiger charge is -2.20. The molecule has 3 rings (SSSR count). The molecule has 0 saturated heterocycles. The van der Waals surface area contributed by atoms with Gasteiger partial charge in [0.25, 0.3) is 0 Å². The number of rotatable bonds is 2. The van der Waals surface area contributed by atoms with Gasteiger partial charge in [-0.3, -0.25) is 0 Å². The molecule has 1 heteroatoms. The summed E-state index contributed by atoms with van der Waals surface area (Å²) in [6.07, 6.45) is 4.59. The Morgan fingerprint density at radius 2 is 1.67 bits per heavy atom. The van der Waals surface area contributed by atoms with Gasteiger partial charge in [-0.1, -0.05) is 49.2 Å². The predicted molar refractivity (Wildman–Crippen MR) is 75.6 cm³/mol. The summed E-state index contributed by atoms with van der Waals surface area (Å²) in [7, 11) is 0. The smallest absolute Gasteiger partial charge is 0.0824 e. The van der Waals surface area contributed by atoms with E-state index in [1.807, 2.05) is 0 Å². The first-order valence-corrected chi connectivity index (χ1v) is 6.93. The maximum absolute atomic E-state index is 10.6. The number of aryl methyl sites for hydroxylation is 1. The Morgan fingerprint density at radius 3 is 2.39 bits per heavy atom. The van der Waals surface area contributed by atoms with Gasteiger partial charge in [0, 0.05) is 0 Å². The van der Waals surface area contributed by atoms with Crippen molar-refractivity contribution < 1.29 is 5.11 Å². The molecule has 0 amide bonds. The van der Waals surface area contributed by atoms with Gasteiger partial charge >= 0.3 is 0 Å². The van der Waals surface area contributed by atoms with Crippen LogP contribution in [0.3, 0.4) is 0 Å². The number of aliphatic hydroxyl groups is 1. The Bertz CT molecular complexity index is 553. The first-order valence-electron chi connectivity index (χ1n) is 6.93. The SMILES string of the molecule is Cc1ccc(C(O)C2CCCC2)c2ccccc12. The summed E-state index contributed by atoms with van der Waals surface area (Å²) in [5.41, 5.74) is 2.40. The molecule has 0 radical (unpaired) electrons. The van der Waals surface area contributed by atoms with E-state index in [2.05, 4.69) is 43.3 Å². The second kappa shape index (κ2) is 4.74. The summed E-state index contributed by atoms with van der Waals surface area (Å²) in [6.45, 7) is 2.13. The van der Waals surface area contributed by atoms with Crippen LogP contribution in [0.15, 0.2) is 36.4 Å². The van der Waals surface area contributed by atoms with Crippen LogP contribution in [0.5, 0.6) is 0 Å². The lowest BCUT2D eigenvalue weighted by atomic mass is 9.90. The maximum Gasteiger partial charge on any atom is 0.0824 e. The van der Waals surface area contributed by atoms with E-state index in [-0.39, 0.29) is 6.10 Å². The molecule has 18 heavy (non-hydrogen) atoms. The van der Waals surface area contributed by atoms with Crippen molar-refractivity contribution >= 4 is 10.8 Å². The average molecular weight is 240 g/mol. The molecule has 1 saturated carbocycles. The Balaban J connectivity index is 2.08. The van der Waals surface area contributed by atoms with E-state index < -0.39 is 0 Å². The minimum Gasteiger partial charge on any atom is -0.388 e. The van der Waals surface area contributed by atoms with Gasteiger partial charge in [-0.15, -0.1) is 0 Å². The highest BCUT2D eigenvalue weighted by Crippen LogP contribution is 2.38. The molecule has 1 N–H and O–H groups in total. The molecular formula is C17H20O. The van der Waals surface area contributed by atoms with Crippen molar-refractivity contribution in [3.63, 3.8) is 0 Å². The van der Waals surface area contributed by atoms with Crippen molar-refractivity contribution in [2.45, 2.75) is 38.7 Å². The van der Waals surface area contributed by atoms with Crippen LogP contribution < -0.4 is 0 Å². The van der Waals surface area contributed by atoms with Crippen LogP contribution in [0, 0.1) is 12.8 Å². The average Bonchev–Trinajstić information content (AvgIpc) is 2.93. The third-order valence-electron chi connectivity index (χ3n) is 4.34. The summed E-state index contributed by atoms with van der Waals surface area (Å²) in [4.78, 5) is 0. The maximum atomic E-state index is 10.6. The highest BCUT2D eigenvalue weighted by molar-refractivity contribution is 5.88. The molecule has 0 aliphatic heterocycles. The number of fused-ring (bicyclic) bond motifs is 1. The monoisotopic (exact) mass is 240 g/mol. The molecule has 1 aliphatic rings. The van der Waals surface area contributed by atoms with E-state index in [0.29, 0.717) is 5.92 Å². The Morgan fingerprint density at radius 1 is 1.00 bits per heavy atom. The van der Waals surface area contributed by atoms with Crippen LogP contribution in [0.1, 0.15) is 42.9 Å². The summed E-state index contributed by atoms with van der Waals surface area (Å²) in [6, 6.07) is 12.7. The summed E-state index contributed by atoms with van der Waals surface area (Å²) in [5.74, 6) is 0.455. The molecule has 94 valence electrons. The molecule has 0 bridgehead atoms. The van der Waals surface area contributed by atoms with Crippen molar-refractivity contribution in [2.24, 2.45) is 5.92 Å². The molecule has 1 fully saturated rings. The second-order valence-electron chi connectivity index (χ2n) is 5.51. The van der Waals surface area contributed by atoms with Gasteiger partial charge in [-0.2, -0.15) is 0 Å². The Kier molecular flexibility index (Phi) is 3.09. The third kappa shape index (κ3) is 1.93. The number of hydrogen-bond acceptors (Lipinski definition) is 1. The molecule has 2 aromatic rings. The molecule has 0 aromatic heterocycles. The first kappa shape index (κ1) is 11.7. The van der Waals surface area contributed by atoms with Crippen LogP contribution >= 0.6 is 0 Å². The highest BCUT2D eigenvalue weighted by Gasteiger charge is 2.25. The zero-order chi connectivity index (χ0) is 12.5. The fraction of sp³-hybridized carbons (Fsp3) is 0.412. The van der Waals surface area contributed by atoms with Gasteiger partial charge in [0.2, 0.25) is 0 Å². The summed E-state index contributed by atoms with van der Waals surface area (Å²) < 4.78 is 0. The van der Waals surface area contributed by atoms with Gasteiger partial charge in [-0.25, -0.2) is 0 Å². The normalized spacial score (nSPS) is 18.3. The molecule has 1 atom stereocenters. The molecule has 2 aromatic carbocycles. The standard InChI is InChI=1S/C17H20O/c1-12-10-11-16(15-9-5-4-8-14(12)15)17(18)13-6-2-3-7-13/h4-5,8-11,13,17-18H,2-3,6-7H2,1H3. The van der Waals surface area contributed by atoms with Crippen molar-refractivity contribution in [2.75, 3.05) is 0 Å². The summed E-state index contributed by atoms with van der Waals surface area (Å²) >= 11 is 0. The molecule has 1 aliphatic carbocycles. The molecule has 1 unspecified atom stereocenters. The molecule has 0 heterocycles. The minimum absolute atomic E-state index is 0.294. The fourth-order valence-electron chi connectivity index (χ4n) is 3.26. The van der Waals surface area contributed by atoms with E-state index in [0.717, 1.165) is 5.56 Å². The Hall–Kier alpha value is -1.34. The van der Waals surface area contributed by atoms with Gasteiger partial charge in [-0.05, 0) is 47.6 Å². The topological polar surface area (TPSA) is 20.2 Å². The van der Waals surface area contributed by atoms with Crippen LogP contribution in [0.2, 0.25) is 0 Å². The quantitative estimate of drug-likeness (QED) is 0.826. The lowest BCUT2D eigenvalue weighted by Crippen LogP contribution is -2.09. The van der Waals surface area contributed by atoms with E-state index in [1.54, 1.807) is 0 Å². The highest BCUT2D eigenvalue weighted by atomic mass is 16.3. The van der Waals surface area contributed by atoms with Crippen molar-refractivity contribution in [3.8, 4) is 0 Å². The van der Waals surface area contributed by atoms with Gasteiger partial charge in [0.05, 0.1) is 6.10 Å². The van der Waals surface area contributed by atoms with Crippen molar-refractivity contribution in [3.05, 3.63) is 47.5 Å². The molecule has 1 nitrogen and oxygen atoms in total. The van der Waals surface area contributed by atoms with E-state index in [1.165, 1.54) is 42.0 Å². The Labute approximate surface area is 108 Å². The van der Waals surface area contributed by atoms with Crippen LogP contribution in [-0.2, 0) is 0 Å². The van der Waals surface area contributed by atoms with E-state index in [4.69, 9.17) is 0 Å². The van der Waals surface area contributed by atoms with E-state index >= 15 is 0 Å². The number of aliphatic hydroxyl groups excluding tert-OH is 1. The third-order valence-corrected chi connectivity index (χ3v) is 4.34. The largest absolute Gasteiger partial charge is 0.388 e. The van der Waals surface area contributed by atoms with Gasteiger partial charge < -0.3 is 5.11 Å². The number of hydrogen-bond donors (Lipinski definition) is 1. The first-order chi connectivity index (χ1) is 8.77. The molecular weight excluding hydrogens is 220 g/mol. The van der Waals surface area contributed by atoms with Crippen molar-refractivity contribution in [1.29, 1.82) is 0 Å². The fourth-order valence-corrected chi connectivity index (χ4v) is 3.26. The second-order valence-corrected chi connectivity index (χ2v) is 5.51. The van der Waals surface area contributed by atoms with E-state index in [9.17, 15) is 5.11 Å². The minimum atomic E-state index is -0.294. The van der Waals surface area contributed by atoms with Gasteiger partial charge in [0.1, 0.15) is 0 Å². The van der Waals surface area contributed by atoms with Crippen LogP contribution in [0.4, 0.5) is 0 Å². The lowest BCUT2D eigenvalue weighted by molar-refractivity contribution is 0.113. The predicted octanol–water partition coefficient (Wildman–Crippen LogP) is 4.37. The van der Waals surface area contributed by atoms with Gasteiger partial charge in [0.15, 0.2) is 0 Å². The summed E-state index contributed by atoms with van der Waals surface area (Å²) in [5, 5.41) is 13.1.